The maximum atomic E-state index is 3.72. The number of hydrogen-bond donors (Lipinski definition) is 1. The molecule has 0 heterocycles. The van der Waals surface area contributed by atoms with E-state index in [0.717, 1.165) is 23.8 Å². The van der Waals surface area contributed by atoms with Gasteiger partial charge in [-0.05, 0) is 50.0 Å². The zero-order chi connectivity index (χ0) is 9.38. The van der Waals surface area contributed by atoms with Crippen LogP contribution in [0.25, 0.3) is 0 Å². The summed E-state index contributed by atoms with van der Waals surface area (Å²) >= 11 is 0. The monoisotopic (exact) mass is 191 g/mol. The first-order valence-electron chi connectivity index (χ1n) is 6.33. The van der Waals surface area contributed by atoms with E-state index in [1.165, 1.54) is 45.1 Å². The van der Waals surface area contributed by atoms with Crippen LogP contribution in [0.5, 0.6) is 0 Å². The summed E-state index contributed by atoms with van der Waals surface area (Å²) < 4.78 is 0. The van der Waals surface area contributed by atoms with Gasteiger partial charge in [0.1, 0.15) is 0 Å². The predicted molar refractivity (Wildman–Crippen MR) is 59.1 cm³/mol. The first kappa shape index (κ1) is 8.96. The van der Waals surface area contributed by atoms with E-state index in [2.05, 4.69) is 17.5 Å². The molecule has 0 saturated heterocycles. The maximum absolute atomic E-state index is 3.72. The third-order valence-electron chi connectivity index (χ3n) is 4.26. The van der Waals surface area contributed by atoms with Gasteiger partial charge in [0.15, 0.2) is 0 Å². The zero-order valence-corrected chi connectivity index (χ0v) is 8.91. The molecule has 78 valence electrons. The van der Waals surface area contributed by atoms with Gasteiger partial charge in [0.05, 0.1) is 0 Å². The van der Waals surface area contributed by atoms with Crippen molar-refractivity contribution in [2.45, 2.75) is 44.6 Å². The number of hydrogen-bond acceptors (Lipinski definition) is 1. The van der Waals surface area contributed by atoms with Crippen molar-refractivity contribution in [1.82, 2.24) is 5.32 Å². The lowest BCUT2D eigenvalue weighted by molar-refractivity contribution is 0.163. The Morgan fingerprint density at radius 2 is 2.21 bits per heavy atom. The summed E-state index contributed by atoms with van der Waals surface area (Å²) in [6, 6.07) is 0.831. The van der Waals surface area contributed by atoms with Crippen LogP contribution in [0.15, 0.2) is 12.2 Å². The van der Waals surface area contributed by atoms with Crippen molar-refractivity contribution in [3.8, 4) is 0 Å². The second-order valence-corrected chi connectivity index (χ2v) is 5.38. The standard InChI is InChI=1S/C13H21N/c1-4-11-9-13(12(11)5-1)14-8-2-3-10-6-7-10/h1,5,10-14H,2-4,6-9H2. The molecule has 0 aromatic heterocycles. The number of fused-ring (bicyclic) bond motifs is 1. The molecule has 1 nitrogen and oxygen atoms in total. The van der Waals surface area contributed by atoms with Gasteiger partial charge in [0.25, 0.3) is 0 Å². The molecule has 0 bridgehead atoms. The fraction of sp³-hybridized carbons (Fsp3) is 0.846. The predicted octanol–water partition coefficient (Wildman–Crippen LogP) is 2.73. The summed E-state index contributed by atoms with van der Waals surface area (Å²) in [4.78, 5) is 0. The molecular formula is C13H21N. The van der Waals surface area contributed by atoms with Gasteiger partial charge < -0.3 is 5.32 Å². The quantitative estimate of drug-likeness (QED) is 0.520. The van der Waals surface area contributed by atoms with Crippen molar-refractivity contribution in [3.05, 3.63) is 12.2 Å². The van der Waals surface area contributed by atoms with Gasteiger partial charge in [-0.2, -0.15) is 0 Å². The van der Waals surface area contributed by atoms with Crippen LogP contribution >= 0.6 is 0 Å². The van der Waals surface area contributed by atoms with Crippen molar-refractivity contribution in [3.63, 3.8) is 0 Å². The molecule has 1 N–H and O–H groups in total. The normalized spacial score (nSPS) is 39.6. The highest BCUT2D eigenvalue weighted by Crippen LogP contribution is 2.42. The number of nitrogens with one attached hydrogen (secondary N) is 1. The van der Waals surface area contributed by atoms with Crippen LogP contribution in [0.3, 0.4) is 0 Å². The van der Waals surface area contributed by atoms with E-state index in [0.29, 0.717) is 0 Å². The summed E-state index contributed by atoms with van der Waals surface area (Å²) in [5.41, 5.74) is 0. The lowest BCUT2D eigenvalue weighted by atomic mass is 9.71. The molecule has 3 aliphatic carbocycles. The zero-order valence-electron chi connectivity index (χ0n) is 8.91. The Morgan fingerprint density at radius 3 is 3.00 bits per heavy atom. The largest absolute Gasteiger partial charge is 0.313 e. The van der Waals surface area contributed by atoms with Gasteiger partial charge in [-0.15, -0.1) is 0 Å². The molecule has 3 atom stereocenters. The molecule has 0 spiro atoms. The smallest absolute Gasteiger partial charge is 0.0136 e. The Kier molecular flexibility index (Phi) is 2.36. The molecule has 3 unspecified atom stereocenters. The molecule has 14 heavy (non-hydrogen) atoms. The topological polar surface area (TPSA) is 12.0 Å². The minimum absolute atomic E-state index is 0.831. The SMILES string of the molecule is C1=CC2C(C1)CC2NCCCC1CC1. The first-order chi connectivity index (χ1) is 6.93. The van der Waals surface area contributed by atoms with Crippen LogP contribution in [0.1, 0.15) is 38.5 Å². The Bertz CT molecular complexity index is 229. The van der Waals surface area contributed by atoms with E-state index < -0.39 is 0 Å². The minimum Gasteiger partial charge on any atom is -0.313 e. The Hall–Kier alpha value is -0.300. The summed E-state index contributed by atoms with van der Waals surface area (Å²) in [6.45, 7) is 1.26. The average Bonchev–Trinajstić information content (AvgIpc) is 2.90. The Labute approximate surface area is 87.0 Å². The molecule has 2 saturated carbocycles. The van der Waals surface area contributed by atoms with Gasteiger partial charge in [-0.1, -0.05) is 25.0 Å². The fourth-order valence-electron chi connectivity index (χ4n) is 3.03. The summed E-state index contributed by atoms with van der Waals surface area (Å²) in [7, 11) is 0. The maximum Gasteiger partial charge on any atom is 0.0136 e. The molecule has 3 aliphatic rings. The minimum atomic E-state index is 0.831. The van der Waals surface area contributed by atoms with E-state index >= 15 is 0 Å². The molecule has 2 fully saturated rings. The van der Waals surface area contributed by atoms with Gasteiger partial charge in [0, 0.05) is 6.04 Å². The molecule has 0 aromatic carbocycles. The van der Waals surface area contributed by atoms with E-state index in [1.54, 1.807) is 0 Å². The van der Waals surface area contributed by atoms with E-state index in [1.807, 2.05) is 0 Å². The fourth-order valence-corrected chi connectivity index (χ4v) is 3.03. The molecule has 0 amide bonds. The Balaban J connectivity index is 1.31. The molecular weight excluding hydrogens is 170 g/mol. The highest BCUT2D eigenvalue weighted by molar-refractivity contribution is 5.12. The van der Waals surface area contributed by atoms with E-state index in [9.17, 15) is 0 Å². The van der Waals surface area contributed by atoms with Crippen LogP contribution in [-0.2, 0) is 0 Å². The summed E-state index contributed by atoms with van der Waals surface area (Å²) in [6.07, 6.45) is 13.5. The van der Waals surface area contributed by atoms with Gasteiger partial charge >= 0.3 is 0 Å². The lowest BCUT2D eigenvalue weighted by Gasteiger charge is -2.40. The molecule has 0 aromatic rings. The van der Waals surface area contributed by atoms with Crippen LogP contribution in [0, 0.1) is 17.8 Å². The van der Waals surface area contributed by atoms with Gasteiger partial charge in [0.2, 0.25) is 0 Å². The van der Waals surface area contributed by atoms with Crippen LogP contribution in [-0.4, -0.2) is 12.6 Å². The third kappa shape index (κ3) is 1.75. The van der Waals surface area contributed by atoms with E-state index in [4.69, 9.17) is 0 Å². The third-order valence-corrected chi connectivity index (χ3v) is 4.26. The lowest BCUT2D eigenvalue weighted by Crippen LogP contribution is -2.48. The van der Waals surface area contributed by atoms with Crippen molar-refractivity contribution >= 4 is 0 Å². The Morgan fingerprint density at radius 1 is 1.29 bits per heavy atom. The van der Waals surface area contributed by atoms with Crippen molar-refractivity contribution in [2.24, 2.45) is 17.8 Å². The number of rotatable bonds is 5. The average molecular weight is 191 g/mol. The molecule has 1 heteroatoms. The molecule has 0 radical (unpaired) electrons. The summed E-state index contributed by atoms with van der Waals surface area (Å²) in [5.74, 6) is 3.02. The van der Waals surface area contributed by atoms with E-state index in [-0.39, 0.29) is 0 Å². The molecule has 3 rings (SSSR count). The van der Waals surface area contributed by atoms with Gasteiger partial charge in [-0.3, -0.25) is 0 Å². The number of allylic oxidation sites excluding steroid dienone is 1. The first-order valence-corrected chi connectivity index (χ1v) is 6.33. The highest BCUT2D eigenvalue weighted by atomic mass is 14.9. The van der Waals surface area contributed by atoms with Crippen molar-refractivity contribution < 1.29 is 0 Å². The van der Waals surface area contributed by atoms with Crippen molar-refractivity contribution in [1.29, 1.82) is 0 Å². The van der Waals surface area contributed by atoms with Crippen molar-refractivity contribution in [2.75, 3.05) is 6.54 Å². The highest BCUT2D eigenvalue weighted by Gasteiger charge is 2.40. The van der Waals surface area contributed by atoms with Crippen LogP contribution < -0.4 is 5.32 Å². The second-order valence-electron chi connectivity index (χ2n) is 5.38. The van der Waals surface area contributed by atoms with Gasteiger partial charge in [-0.25, -0.2) is 0 Å². The molecule has 0 aliphatic heterocycles. The summed E-state index contributed by atoms with van der Waals surface area (Å²) in [5, 5.41) is 3.72. The van der Waals surface area contributed by atoms with Crippen LogP contribution in [0.4, 0.5) is 0 Å². The second kappa shape index (κ2) is 3.69. The van der Waals surface area contributed by atoms with Crippen LogP contribution in [0.2, 0.25) is 0 Å².